The minimum Gasteiger partial charge on any atom is -0.495 e. The van der Waals surface area contributed by atoms with Crippen molar-refractivity contribution in [1.82, 2.24) is 0 Å². The van der Waals surface area contributed by atoms with Gasteiger partial charge >= 0.3 is 11.9 Å². The molecule has 130 valence electrons. The maximum absolute atomic E-state index is 12.3. The van der Waals surface area contributed by atoms with Crippen LogP contribution in [0.2, 0.25) is 5.02 Å². The monoisotopic (exact) mass is 419 g/mol. The van der Waals surface area contributed by atoms with Gasteiger partial charge in [-0.2, -0.15) is 0 Å². The van der Waals surface area contributed by atoms with Gasteiger partial charge in [0.15, 0.2) is 0 Å². The number of halogens is 2. The molecule has 1 aromatic carbocycles. The van der Waals surface area contributed by atoms with Crippen LogP contribution in [0.25, 0.3) is 0 Å². The first-order chi connectivity index (χ1) is 11.5. The van der Waals surface area contributed by atoms with Crippen LogP contribution < -0.4 is 9.64 Å². The van der Waals surface area contributed by atoms with Crippen LogP contribution >= 0.6 is 27.5 Å². The number of methoxy groups -OCH3 is 3. The molecule has 1 heterocycles. The molecule has 1 aliphatic rings. The lowest BCUT2D eigenvalue weighted by Gasteiger charge is -2.32. The number of nitrogens with zero attached hydrogens (tertiary/aromatic N) is 1. The number of esters is 2. The molecule has 0 amide bonds. The zero-order chi connectivity index (χ0) is 17.9. The molecular formula is C15H15BrClNO6. The Morgan fingerprint density at radius 3 is 2.46 bits per heavy atom. The predicted octanol–water partition coefficient (Wildman–Crippen LogP) is 2.51. The number of hydrogen-bond donors (Lipinski definition) is 0. The van der Waals surface area contributed by atoms with Gasteiger partial charge in [0.2, 0.25) is 0 Å². The summed E-state index contributed by atoms with van der Waals surface area (Å²) in [6.45, 7) is -0.0801. The molecule has 0 aromatic heterocycles. The molecule has 1 aliphatic heterocycles. The molecule has 1 aromatic rings. The Hall–Kier alpha value is -1.77. The van der Waals surface area contributed by atoms with Crippen LogP contribution in [0.5, 0.6) is 5.75 Å². The first-order valence-corrected chi connectivity index (χ1v) is 7.90. The van der Waals surface area contributed by atoms with Crippen LogP contribution in [0.1, 0.15) is 0 Å². The number of anilines is 1. The molecule has 0 fully saturated rings. The number of hydrogen-bond acceptors (Lipinski definition) is 7. The van der Waals surface area contributed by atoms with Gasteiger partial charge in [-0.3, -0.25) is 0 Å². The van der Waals surface area contributed by atoms with Crippen LogP contribution in [0.3, 0.4) is 0 Å². The number of ether oxygens (including phenoxy) is 4. The van der Waals surface area contributed by atoms with E-state index >= 15 is 0 Å². The molecule has 0 saturated heterocycles. The van der Waals surface area contributed by atoms with E-state index in [1.807, 2.05) is 0 Å². The second-order valence-corrected chi connectivity index (χ2v) is 5.83. The number of carbonyl (C=O) groups excluding carboxylic acids is 2. The molecule has 0 bridgehead atoms. The van der Waals surface area contributed by atoms with E-state index in [-0.39, 0.29) is 24.6 Å². The lowest BCUT2D eigenvalue weighted by Crippen LogP contribution is -2.39. The second-order valence-electron chi connectivity index (χ2n) is 4.63. The number of benzene rings is 1. The zero-order valence-electron chi connectivity index (χ0n) is 13.2. The first-order valence-electron chi connectivity index (χ1n) is 6.73. The summed E-state index contributed by atoms with van der Waals surface area (Å²) < 4.78 is 20.7. The maximum Gasteiger partial charge on any atom is 0.355 e. The Morgan fingerprint density at radius 1 is 1.21 bits per heavy atom. The van der Waals surface area contributed by atoms with Crippen molar-refractivity contribution in [2.24, 2.45) is 0 Å². The highest BCUT2D eigenvalue weighted by molar-refractivity contribution is 9.10. The Morgan fingerprint density at radius 2 is 1.88 bits per heavy atom. The standard InChI is InChI=1S/C15H15BrClNO6/c1-21-10-5-4-9(17)13(11(10)16)18-7-24-6-8(14(19)22-2)12(18)15(20)23-3/h4-5H,6-7H2,1-3H3. The van der Waals surface area contributed by atoms with E-state index in [4.69, 9.17) is 30.5 Å². The third-order valence-electron chi connectivity index (χ3n) is 3.35. The Balaban J connectivity index is 2.68. The summed E-state index contributed by atoms with van der Waals surface area (Å²) in [6.07, 6.45) is 0. The van der Waals surface area contributed by atoms with Crippen molar-refractivity contribution in [1.29, 1.82) is 0 Å². The molecule has 0 radical (unpaired) electrons. The number of carbonyl (C=O) groups is 2. The summed E-state index contributed by atoms with van der Waals surface area (Å²) in [5, 5.41) is 0.332. The molecule has 2 rings (SSSR count). The summed E-state index contributed by atoms with van der Waals surface area (Å²) in [4.78, 5) is 25.7. The summed E-state index contributed by atoms with van der Waals surface area (Å²) in [5.74, 6) is -0.886. The van der Waals surface area contributed by atoms with Crippen molar-refractivity contribution in [2.75, 3.05) is 39.6 Å². The second kappa shape index (κ2) is 7.87. The topological polar surface area (TPSA) is 74.3 Å². The molecular weight excluding hydrogens is 406 g/mol. The highest BCUT2D eigenvalue weighted by Crippen LogP contribution is 2.43. The van der Waals surface area contributed by atoms with E-state index in [2.05, 4.69) is 15.9 Å². The molecule has 0 atom stereocenters. The SMILES string of the molecule is COC(=O)C1=C(C(=O)OC)N(c2c(Cl)ccc(OC)c2Br)COC1. The van der Waals surface area contributed by atoms with Crippen LogP contribution in [-0.2, 0) is 23.8 Å². The van der Waals surface area contributed by atoms with E-state index in [9.17, 15) is 9.59 Å². The summed E-state index contributed by atoms with van der Waals surface area (Å²) in [6, 6.07) is 3.28. The van der Waals surface area contributed by atoms with Gasteiger partial charge in [-0.05, 0) is 28.1 Å². The summed E-state index contributed by atoms with van der Waals surface area (Å²) >= 11 is 9.70. The van der Waals surface area contributed by atoms with Gasteiger partial charge in [0.25, 0.3) is 0 Å². The third kappa shape index (κ3) is 3.35. The van der Waals surface area contributed by atoms with Crippen molar-refractivity contribution in [3.63, 3.8) is 0 Å². The highest BCUT2D eigenvalue weighted by Gasteiger charge is 2.34. The van der Waals surface area contributed by atoms with Gasteiger partial charge in [0, 0.05) is 0 Å². The van der Waals surface area contributed by atoms with Crippen LogP contribution in [-0.4, -0.2) is 46.6 Å². The van der Waals surface area contributed by atoms with Crippen LogP contribution in [0, 0.1) is 0 Å². The van der Waals surface area contributed by atoms with Crippen molar-refractivity contribution >= 4 is 45.2 Å². The Bertz CT molecular complexity index is 705. The zero-order valence-corrected chi connectivity index (χ0v) is 15.6. The van der Waals surface area contributed by atoms with E-state index in [0.29, 0.717) is 20.9 Å². The molecule has 0 aliphatic carbocycles. The van der Waals surface area contributed by atoms with Gasteiger partial charge < -0.3 is 23.8 Å². The molecule has 0 saturated carbocycles. The van der Waals surface area contributed by atoms with Crippen molar-refractivity contribution in [3.8, 4) is 5.75 Å². The first kappa shape index (κ1) is 18.6. The third-order valence-corrected chi connectivity index (χ3v) is 4.43. The van der Waals surface area contributed by atoms with E-state index in [1.54, 1.807) is 12.1 Å². The fourth-order valence-corrected chi connectivity index (χ4v) is 3.34. The van der Waals surface area contributed by atoms with Crippen LogP contribution in [0.15, 0.2) is 27.9 Å². The smallest absolute Gasteiger partial charge is 0.355 e. The van der Waals surface area contributed by atoms with Crippen LogP contribution in [0.4, 0.5) is 5.69 Å². The molecule has 0 unspecified atom stereocenters. The summed E-state index contributed by atoms with van der Waals surface area (Å²) in [5.41, 5.74) is 0.463. The van der Waals surface area contributed by atoms with Gasteiger partial charge in [-0.1, -0.05) is 11.6 Å². The lowest BCUT2D eigenvalue weighted by molar-refractivity contribution is -0.140. The van der Waals surface area contributed by atoms with Gasteiger partial charge in [-0.15, -0.1) is 0 Å². The van der Waals surface area contributed by atoms with Crippen molar-refractivity contribution in [3.05, 3.63) is 32.9 Å². The average molecular weight is 421 g/mol. The Kier molecular flexibility index (Phi) is 6.09. The minimum atomic E-state index is -0.704. The molecule has 0 N–H and O–H groups in total. The molecule has 24 heavy (non-hydrogen) atoms. The summed E-state index contributed by atoms with van der Waals surface area (Å²) in [7, 11) is 3.94. The minimum absolute atomic E-state index is 0.00356. The Labute approximate surface area is 152 Å². The van der Waals surface area contributed by atoms with Crippen molar-refractivity contribution in [2.45, 2.75) is 0 Å². The van der Waals surface area contributed by atoms with E-state index < -0.39 is 11.9 Å². The van der Waals surface area contributed by atoms with E-state index in [0.717, 1.165) is 0 Å². The number of rotatable bonds is 4. The van der Waals surface area contributed by atoms with Gasteiger partial charge in [0.1, 0.15) is 18.2 Å². The van der Waals surface area contributed by atoms with Crippen molar-refractivity contribution < 1.29 is 28.5 Å². The molecule has 7 nitrogen and oxygen atoms in total. The highest BCUT2D eigenvalue weighted by atomic mass is 79.9. The van der Waals surface area contributed by atoms with E-state index in [1.165, 1.54) is 26.2 Å². The molecule has 0 spiro atoms. The average Bonchev–Trinajstić information content (AvgIpc) is 2.60. The normalized spacial score (nSPS) is 14.5. The van der Waals surface area contributed by atoms with Gasteiger partial charge in [0.05, 0.1) is 48.7 Å². The molecule has 9 heteroatoms. The predicted molar refractivity (Wildman–Crippen MR) is 90.1 cm³/mol. The van der Waals surface area contributed by atoms with Gasteiger partial charge in [-0.25, -0.2) is 9.59 Å². The fourth-order valence-electron chi connectivity index (χ4n) is 2.25. The fraction of sp³-hybridized carbons (Fsp3) is 0.333. The lowest BCUT2D eigenvalue weighted by atomic mass is 10.1. The maximum atomic E-state index is 12.3. The largest absolute Gasteiger partial charge is 0.495 e. The quantitative estimate of drug-likeness (QED) is 0.693.